The number of halogens is 2. The van der Waals surface area contributed by atoms with Crippen LogP contribution < -0.4 is 20.1 Å². The molecule has 1 aromatic carbocycles. The first-order valence-electron chi connectivity index (χ1n) is 8.20. The molecule has 10 heteroatoms. The largest absolute Gasteiger partial charge is 0.489 e. The molecule has 1 atom stereocenters. The lowest BCUT2D eigenvalue weighted by atomic mass is 10.3. The Kier molecular flexibility index (Phi) is 13.0. The van der Waals surface area contributed by atoms with Crippen molar-refractivity contribution in [3.8, 4) is 5.75 Å². The third kappa shape index (κ3) is 11.0. The summed E-state index contributed by atoms with van der Waals surface area (Å²) in [7, 11) is -1.45. The van der Waals surface area contributed by atoms with E-state index in [2.05, 4.69) is 20.3 Å². The first kappa shape index (κ1) is 25.2. The van der Waals surface area contributed by atoms with Gasteiger partial charge in [-0.3, -0.25) is 4.99 Å². The van der Waals surface area contributed by atoms with Crippen molar-refractivity contribution in [2.75, 3.05) is 32.4 Å². The van der Waals surface area contributed by atoms with E-state index in [1.807, 2.05) is 19.1 Å². The first-order valence-corrected chi connectivity index (χ1v) is 10.2. The molecule has 0 saturated carbocycles. The Morgan fingerprint density at radius 1 is 1.23 bits per heavy atom. The second-order valence-corrected chi connectivity index (χ2v) is 7.95. The molecular weight excluding hydrogens is 491 g/mol. The zero-order chi connectivity index (χ0) is 18.7. The van der Waals surface area contributed by atoms with Crippen LogP contribution in [0.15, 0.2) is 29.3 Å². The topological polar surface area (TPSA) is 91.8 Å². The summed E-state index contributed by atoms with van der Waals surface area (Å²) in [5.41, 5.74) is 0. The normalized spacial score (nSPS) is 12.8. The molecular formula is C16H28ClIN4O3S. The van der Waals surface area contributed by atoms with Crippen LogP contribution in [0.5, 0.6) is 5.75 Å². The van der Waals surface area contributed by atoms with Crippen LogP contribution in [0.4, 0.5) is 0 Å². The Bertz CT molecular complexity index is 641. The lowest BCUT2D eigenvalue weighted by molar-refractivity contribution is 0.224. The summed E-state index contributed by atoms with van der Waals surface area (Å²) in [6.07, 6.45) is 0.604. The molecule has 3 N–H and O–H groups in total. The number of rotatable bonds is 10. The highest BCUT2D eigenvalue weighted by atomic mass is 127. The van der Waals surface area contributed by atoms with E-state index in [-0.39, 0.29) is 35.8 Å². The summed E-state index contributed by atoms with van der Waals surface area (Å²) in [5.74, 6) is 1.49. The molecule has 0 fully saturated rings. The molecule has 0 aliphatic rings. The van der Waals surface area contributed by atoms with Crippen molar-refractivity contribution in [2.24, 2.45) is 4.99 Å². The van der Waals surface area contributed by atoms with Crippen LogP contribution >= 0.6 is 35.6 Å². The van der Waals surface area contributed by atoms with Gasteiger partial charge in [-0.25, -0.2) is 13.1 Å². The Morgan fingerprint density at radius 3 is 2.46 bits per heavy atom. The quantitative estimate of drug-likeness (QED) is 0.191. The Hall–Kier alpha value is -0.780. The fraction of sp³-hybridized carbons (Fsp3) is 0.562. The van der Waals surface area contributed by atoms with Crippen LogP contribution in [-0.4, -0.2) is 52.9 Å². The maximum Gasteiger partial charge on any atom is 0.211 e. The van der Waals surface area contributed by atoms with Crippen LogP contribution in [0.25, 0.3) is 0 Å². The fourth-order valence-corrected chi connectivity index (χ4v) is 2.66. The molecule has 1 aromatic rings. The van der Waals surface area contributed by atoms with E-state index in [1.54, 1.807) is 26.1 Å². The van der Waals surface area contributed by atoms with E-state index < -0.39 is 10.0 Å². The molecule has 1 rings (SSSR count). The number of sulfonamides is 1. The molecule has 0 amide bonds. The molecule has 7 nitrogen and oxygen atoms in total. The number of ether oxygens (including phenoxy) is 1. The molecule has 1 unspecified atom stereocenters. The van der Waals surface area contributed by atoms with Crippen molar-refractivity contribution in [3.05, 3.63) is 29.3 Å². The molecule has 0 aliphatic heterocycles. The molecule has 0 saturated heterocycles. The average Bonchev–Trinajstić information content (AvgIpc) is 2.59. The summed E-state index contributed by atoms with van der Waals surface area (Å²) >= 11 is 5.84. The van der Waals surface area contributed by atoms with Crippen molar-refractivity contribution < 1.29 is 13.2 Å². The van der Waals surface area contributed by atoms with Crippen molar-refractivity contribution in [2.45, 2.75) is 26.4 Å². The van der Waals surface area contributed by atoms with Gasteiger partial charge in [-0.15, -0.1) is 24.0 Å². The zero-order valence-electron chi connectivity index (χ0n) is 15.3. The van der Waals surface area contributed by atoms with E-state index in [1.165, 1.54) is 0 Å². The van der Waals surface area contributed by atoms with E-state index in [0.717, 1.165) is 5.75 Å². The monoisotopic (exact) mass is 518 g/mol. The van der Waals surface area contributed by atoms with Crippen LogP contribution in [0.3, 0.4) is 0 Å². The van der Waals surface area contributed by atoms with Gasteiger partial charge in [0, 0.05) is 25.2 Å². The van der Waals surface area contributed by atoms with Crippen molar-refractivity contribution in [1.82, 2.24) is 15.4 Å². The van der Waals surface area contributed by atoms with Gasteiger partial charge in [-0.1, -0.05) is 11.6 Å². The van der Waals surface area contributed by atoms with Gasteiger partial charge in [0.15, 0.2) is 5.96 Å². The number of aliphatic imine (C=N–C) groups is 1. The number of nitrogens with one attached hydrogen (secondary N) is 3. The number of guanidine groups is 1. The summed E-state index contributed by atoms with van der Waals surface area (Å²) < 4.78 is 30.9. The molecule has 150 valence electrons. The van der Waals surface area contributed by atoms with Gasteiger partial charge in [0.2, 0.25) is 10.0 Å². The van der Waals surface area contributed by atoms with Gasteiger partial charge in [0.1, 0.15) is 11.9 Å². The molecule has 26 heavy (non-hydrogen) atoms. The predicted molar refractivity (Wildman–Crippen MR) is 118 cm³/mol. The van der Waals surface area contributed by atoms with Crippen molar-refractivity contribution in [1.29, 1.82) is 0 Å². The van der Waals surface area contributed by atoms with Crippen LogP contribution in [0, 0.1) is 0 Å². The number of benzene rings is 1. The molecule has 0 heterocycles. The highest BCUT2D eigenvalue weighted by Gasteiger charge is 2.07. The van der Waals surface area contributed by atoms with Gasteiger partial charge in [0.25, 0.3) is 0 Å². The molecule has 0 bridgehead atoms. The third-order valence-corrected chi connectivity index (χ3v) is 4.94. The minimum atomic E-state index is -3.13. The zero-order valence-corrected chi connectivity index (χ0v) is 19.2. The van der Waals surface area contributed by atoms with Crippen LogP contribution in [-0.2, 0) is 10.0 Å². The number of hydrogen-bond acceptors (Lipinski definition) is 4. The minimum Gasteiger partial charge on any atom is -0.489 e. The lowest BCUT2D eigenvalue weighted by Crippen LogP contribution is -2.42. The first-order chi connectivity index (χ1) is 11.9. The summed E-state index contributed by atoms with van der Waals surface area (Å²) in [5, 5.41) is 6.97. The standard InChI is InChI=1S/C16H27ClN4O3S.HI/c1-4-25(22,23)21-11-5-10-19-16(18-3)20-12-13(2)24-15-8-6-14(17)7-9-15;/h6-9,13,21H,4-5,10-12H2,1-3H3,(H2,18,19,20);1H. The van der Waals surface area contributed by atoms with Gasteiger partial charge in [0.05, 0.1) is 12.3 Å². The van der Waals surface area contributed by atoms with E-state index in [4.69, 9.17) is 16.3 Å². The van der Waals surface area contributed by atoms with E-state index >= 15 is 0 Å². The van der Waals surface area contributed by atoms with Gasteiger partial charge in [-0.05, 0) is 44.5 Å². The second kappa shape index (κ2) is 13.4. The van der Waals surface area contributed by atoms with E-state index in [9.17, 15) is 8.42 Å². The summed E-state index contributed by atoms with van der Waals surface area (Å²) in [6.45, 7) is 5.15. The smallest absolute Gasteiger partial charge is 0.211 e. The highest BCUT2D eigenvalue weighted by Crippen LogP contribution is 2.16. The minimum absolute atomic E-state index is 0. The van der Waals surface area contributed by atoms with Crippen molar-refractivity contribution >= 4 is 51.6 Å². The van der Waals surface area contributed by atoms with Crippen LogP contribution in [0.1, 0.15) is 20.3 Å². The average molecular weight is 519 g/mol. The Labute approximate surface area is 178 Å². The van der Waals surface area contributed by atoms with Crippen LogP contribution in [0.2, 0.25) is 5.02 Å². The molecule has 0 spiro atoms. The fourth-order valence-electron chi connectivity index (χ4n) is 1.87. The van der Waals surface area contributed by atoms with Gasteiger partial charge < -0.3 is 15.4 Å². The molecule has 0 aromatic heterocycles. The van der Waals surface area contributed by atoms with E-state index in [0.29, 0.717) is 37.0 Å². The summed E-state index contributed by atoms with van der Waals surface area (Å²) in [4.78, 5) is 4.12. The molecule has 0 radical (unpaired) electrons. The van der Waals surface area contributed by atoms with Gasteiger partial charge in [-0.2, -0.15) is 0 Å². The maximum atomic E-state index is 11.3. The number of hydrogen-bond donors (Lipinski definition) is 3. The van der Waals surface area contributed by atoms with Gasteiger partial charge >= 0.3 is 0 Å². The predicted octanol–water partition coefficient (Wildman–Crippen LogP) is 2.22. The highest BCUT2D eigenvalue weighted by molar-refractivity contribution is 14.0. The Balaban J connectivity index is 0.00000625. The maximum absolute atomic E-state index is 11.3. The van der Waals surface area contributed by atoms with Crippen molar-refractivity contribution in [3.63, 3.8) is 0 Å². The summed E-state index contributed by atoms with van der Waals surface area (Å²) in [6, 6.07) is 7.21. The number of nitrogens with zero attached hydrogens (tertiary/aromatic N) is 1. The Morgan fingerprint density at radius 2 is 1.88 bits per heavy atom. The lowest BCUT2D eigenvalue weighted by Gasteiger charge is -2.17. The third-order valence-electron chi connectivity index (χ3n) is 3.28. The molecule has 0 aliphatic carbocycles. The SMILES string of the molecule is CCS(=O)(=O)NCCCNC(=NC)NCC(C)Oc1ccc(Cl)cc1.I. The second-order valence-electron chi connectivity index (χ2n) is 5.41.